The molecule has 0 N–H and O–H groups in total. The Hall–Kier alpha value is 0.177. The van der Waals surface area contributed by atoms with E-state index in [0.717, 1.165) is 5.54 Å². The van der Waals surface area contributed by atoms with Crippen LogP contribution in [-0.2, 0) is 0 Å². The fraction of sp³-hybridized carbons (Fsp3) is 1.00. The van der Waals surface area contributed by atoms with E-state index in [4.69, 9.17) is 0 Å². The van der Waals surface area contributed by atoms with Crippen molar-refractivity contribution in [1.82, 2.24) is 4.57 Å². The van der Waals surface area contributed by atoms with Crippen molar-refractivity contribution in [3.63, 3.8) is 0 Å². The van der Waals surface area contributed by atoms with Gasteiger partial charge >= 0.3 is 0 Å². The second-order valence-electron chi connectivity index (χ2n) is 5.68. The molecular formula is C12H25NSi. The molecule has 0 spiro atoms. The molecule has 0 bridgehead atoms. The molecule has 82 valence electrons. The smallest absolute Gasteiger partial charge is 0.125 e. The third-order valence-corrected chi connectivity index (χ3v) is 9.18. The zero-order valence-electron chi connectivity index (χ0n) is 9.89. The van der Waals surface area contributed by atoms with Crippen LogP contribution in [-0.4, -0.2) is 25.9 Å². The van der Waals surface area contributed by atoms with Crippen molar-refractivity contribution >= 4 is 8.24 Å². The highest BCUT2D eigenvalue weighted by Crippen LogP contribution is 2.40. The SMILES string of the molecule is C[Si](C)(C1CCCC1)N1CCCCC1. The summed E-state index contributed by atoms with van der Waals surface area (Å²) in [5.41, 5.74) is 1.11. The molecule has 0 unspecified atom stereocenters. The van der Waals surface area contributed by atoms with Crippen molar-refractivity contribution in [2.24, 2.45) is 0 Å². The third kappa shape index (κ3) is 2.06. The highest BCUT2D eigenvalue weighted by Gasteiger charge is 2.39. The van der Waals surface area contributed by atoms with Gasteiger partial charge in [0.05, 0.1) is 0 Å². The monoisotopic (exact) mass is 211 g/mol. The molecule has 0 aromatic carbocycles. The highest BCUT2D eigenvalue weighted by molar-refractivity contribution is 6.76. The van der Waals surface area contributed by atoms with E-state index in [0.29, 0.717) is 0 Å². The first-order valence-electron chi connectivity index (χ1n) is 6.46. The number of rotatable bonds is 2. The molecule has 0 radical (unpaired) electrons. The van der Waals surface area contributed by atoms with E-state index in [1.54, 1.807) is 0 Å². The van der Waals surface area contributed by atoms with Crippen molar-refractivity contribution in [1.29, 1.82) is 0 Å². The molecule has 1 saturated carbocycles. The zero-order chi connectivity index (χ0) is 10.0. The molecule has 1 nitrogen and oxygen atoms in total. The Morgan fingerprint density at radius 1 is 0.857 bits per heavy atom. The van der Waals surface area contributed by atoms with Crippen LogP contribution in [0.5, 0.6) is 0 Å². The molecule has 2 rings (SSSR count). The summed E-state index contributed by atoms with van der Waals surface area (Å²) in [6.07, 6.45) is 10.5. The average Bonchev–Trinajstić information content (AvgIpc) is 2.72. The van der Waals surface area contributed by atoms with Crippen molar-refractivity contribution in [3.8, 4) is 0 Å². The summed E-state index contributed by atoms with van der Waals surface area (Å²) in [4.78, 5) is 0. The van der Waals surface area contributed by atoms with Gasteiger partial charge in [-0.25, -0.2) is 0 Å². The van der Waals surface area contributed by atoms with E-state index in [2.05, 4.69) is 17.7 Å². The summed E-state index contributed by atoms with van der Waals surface area (Å²) in [7, 11) is -1.04. The second kappa shape index (κ2) is 4.36. The Bertz CT molecular complexity index is 179. The van der Waals surface area contributed by atoms with Crippen LogP contribution < -0.4 is 0 Å². The topological polar surface area (TPSA) is 3.24 Å². The van der Waals surface area contributed by atoms with Gasteiger partial charge in [-0.15, -0.1) is 0 Å². The van der Waals surface area contributed by atoms with Gasteiger partial charge in [0.1, 0.15) is 8.24 Å². The molecule has 1 aliphatic heterocycles. The minimum absolute atomic E-state index is 1.04. The molecule has 0 atom stereocenters. The lowest BCUT2D eigenvalue weighted by Gasteiger charge is -2.43. The van der Waals surface area contributed by atoms with Gasteiger partial charge in [-0.1, -0.05) is 45.2 Å². The molecule has 0 aromatic heterocycles. The van der Waals surface area contributed by atoms with Gasteiger partial charge in [-0.05, 0) is 31.5 Å². The predicted molar refractivity (Wildman–Crippen MR) is 65.1 cm³/mol. The highest BCUT2D eigenvalue weighted by atomic mass is 28.3. The average molecular weight is 211 g/mol. The van der Waals surface area contributed by atoms with E-state index in [1.165, 1.54) is 58.0 Å². The van der Waals surface area contributed by atoms with Crippen LogP contribution in [0, 0.1) is 0 Å². The third-order valence-electron chi connectivity index (χ3n) is 4.53. The Morgan fingerprint density at radius 3 is 2.00 bits per heavy atom. The minimum atomic E-state index is -1.04. The summed E-state index contributed by atoms with van der Waals surface area (Å²) in [6.45, 7) is 8.06. The minimum Gasteiger partial charge on any atom is -0.323 e. The fourth-order valence-electron chi connectivity index (χ4n) is 3.36. The van der Waals surface area contributed by atoms with Crippen LogP contribution in [0.3, 0.4) is 0 Å². The second-order valence-corrected chi connectivity index (χ2v) is 10.4. The molecule has 2 heteroatoms. The number of piperidine rings is 1. The first kappa shape index (κ1) is 10.7. The van der Waals surface area contributed by atoms with Gasteiger partial charge in [0.2, 0.25) is 0 Å². The van der Waals surface area contributed by atoms with E-state index in [1.807, 2.05) is 0 Å². The van der Waals surface area contributed by atoms with Crippen LogP contribution in [0.25, 0.3) is 0 Å². The molecule has 0 amide bonds. The molecule has 1 heterocycles. The lowest BCUT2D eigenvalue weighted by atomic mass is 10.2. The largest absolute Gasteiger partial charge is 0.323 e. The molecule has 2 aliphatic rings. The van der Waals surface area contributed by atoms with Gasteiger partial charge in [-0.2, -0.15) is 0 Å². The van der Waals surface area contributed by atoms with Crippen molar-refractivity contribution in [3.05, 3.63) is 0 Å². The van der Waals surface area contributed by atoms with Crippen molar-refractivity contribution in [2.75, 3.05) is 13.1 Å². The van der Waals surface area contributed by atoms with E-state index < -0.39 is 8.24 Å². The Balaban J connectivity index is 1.97. The molecule has 2 fully saturated rings. The first-order chi connectivity index (χ1) is 6.71. The quantitative estimate of drug-likeness (QED) is 0.631. The first-order valence-corrected chi connectivity index (χ1v) is 9.49. The van der Waals surface area contributed by atoms with E-state index >= 15 is 0 Å². The van der Waals surface area contributed by atoms with Crippen LogP contribution in [0.4, 0.5) is 0 Å². The molecule has 14 heavy (non-hydrogen) atoms. The zero-order valence-corrected chi connectivity index (χ0v) is 10.9. The van der Waals surface area contributed by atoms with Gasteiger partial charge in [0, 0.05) is 0 Å². The van der Waals surface area contributed by atoms with E-state index in [9.17, 15) is 0 Å². The predicted octanol–water partition coefficient (Wildman–Crippen LogP) is 3.62. The molecular weight excluding hydrogens is 186 g/mol. The summed E-state index contributed by atoms with van der Waals surface area (Å²) in [6, 6.07) is 0. The molecule has 1 saturated heterocycles. The van der Waals surface area contributed by atoms with Gasteiger partial charge < -0.3 is 4.57 Å². The number of hydrogen-bond donors (Lipinski definition) is 0. The maximum Gasteiger partial charge on any atom is 0.125 e. The van der Waals surface area contributed by atoms with Crippen molar-refractivity contribution in [2.45, 2.75) is 63.6 Å². The lowest BCUT2D eigenvalue weighted by molar-refractivity contribution is 0.337. The van der Waals surface area contributed by atoms with Gasteiger partial charge in [0.15, 0.2) is 0 Å². The van der Waals surface area contributed by atoms with Gasteiger partial charge in [0.25, 0.3) is 0 Å². The number of nitrogens with zero attached hydrogens (tertiary/aromatic N) is 1. The summed E-state index contributed by atoms with van der Waals surface area (Å²) in [5.74, 6) is 0. The maximum atomic E-state index is 2.90. The molecule has 0 aromatic rings. The fourth-order valence-corrected chi connectivity index (χ4v) is 7.17. The Morgan fingerprint density at radius 2 is 1.43 bits per heavy atom. The lowest BCUT2D eigenvalue weighted by Crippen LogP contribution is -2.53. The Labute approximate surface area is 90.0 Å². The normalized spacial score (nSPS) is 27.0. The van der Waals surface area contributed by atoms with Crippen LogP contribution in [0.1, 0.15) is 44.9 Å². The Kier molecular flexibility index (Phi) is 3.33. The van der Waals surface area contributed by atoms with Crippen LogP contribution in [0.15, 0.2) is 0 Å². The van der Waals surface area contributed by atoms with Gasteiger partial charge in [-0.3, -0.25) is 0 Å². The summed E-state index contributed by atoms with van der Waals surface area (Å²) >= 11 is 0. The maximum absolute atomic E-state index is 2.90. The van der Waals surface area contributed by atoms with Crippen molar-refractivity contribution < 1.29 is 0 Å². The van der Waals surface area contributed by atoms with E-state index in [-0.39, 0.29) is 0 Å². The van der Waals surface area contributed by atoms with Crippen LogP contribution in [0.2, 0.25) is 18.6 Å². The molecule has 1 aliphatic carbocycles. The number of hydrogen-bond acceptors (Lipinski definition) is 1. The van der Waals surface area contributed by atoms with Crippen LogP contribution >= 0.6 is 0 Å². The standard InChI is InChI=1S/C12H25NSi/c1-14(2,12-8-4-5-9-12)13-10-6-3-7-11-13/h12H,3-11H2,1-2H3. The summed E-state index contributed by atoms with van der Waals surface area (Å²) < 4.78 is 2.90. The summed E-state index contributed by atoms with van der Waals surface area (Å²) in [5, 5.41) is 0.